The molecule has 0 fully saturated rings. The largest absolute Gasteiger partial charge is 0.465 e. The van der Waals surface area contributed by atoms with Gasteiger partial charge in [0, 0.05) is 12.8 Å². The Balaban J connectivity index is 3.79. The summed E-state index contributed by atoms with van der Waals surface area (Å²) in [5.74, 6) is 2.27. The van der Waals surface area contributed by atoms with E-state index in [1.165, 1.54) is 83.5 Å². The van der Waals surface area contributed by atoms with Crippen LogP contribution in [0.25, 0.3) is 0 Å². The summed E-state index contributed by atoms with van der Waals surface area (Å²) in [6.07, 6.45) is 22.4. The summed E-state index contributed by atoms with van der Waals surface area (Å²) < 4.78 is 11.1. The molecule has 4 nitrogen and oxygen atoms in total. The average molecular weight is 539 g/mol. The van der Waals surface area contributed by atoms with E-state index in [1.807, 2.05) is 0 Å². The lowest BCUT2D eigenvalue weighted by atomic mass is 9.86. The van der Waals surface area contributed by atoms with Crippen molar-refractivity contribution in [3.8, 4) is 0 Å². The van der Waals surface area contributed by atoms with Gasteiger partial charge in [0.1, 0.15) is 0 Å². The van der Waals surface area contributed by atoms with Crippen molar-refractivity contribution in [2.45, 2.75) is 170 Å². The Morgan fingerprint density at radius 1 is 0.526 bits per heavy atom. The smallest absolute Gasteiger partial charge is 0.305 e. The Bertz CT molecular complexity index is 545. The lowest BCUT2D eigenvalue weighted by Gasteiger charge is -2.21. The van der Waals surface area contributed by atoms with Crippen LogP contribution in [0.5, 0.6) is 0 Å². The number of carbonyl (C=O) groups excluding carboxylic acids is 2. The molecular formula is C34H66O4. The van der Waals surface area contributed by atoms with E-state index in [9.17, 15) is 9.59 Å². The maximum atomic E-state index is 12.3. The van der Waals surface area contributed by atoms with E-state index in [2.05, 4.69) is 41.5 Å². The van der Waals surface area contributed by atoms with E-state index in [-0.39, 0.29) is 11.9 Å². The van der Waals surface area contributed by atoms with Crippen LogP contribution in [0.15, 0.2) is 0 Å². The molecule has 0 bridgehead atoms. The maximum Gasteiger partial charge on any atom is 0.305 e. The summed E-state index contributed by atoms with van der Waals surface area (Å²) in [5, 5.41) is 0. The summed E-state index contributed by atoms with van der Waals surface area (Å²) in [5.41, 5.74) is 0. The molecule has 0 heterocycles. The molecular weight excluding hydrogens is 472 g/mol. The maximum absolute atomic E-state index is 12.3. The number of ether oxygens (including phenoxy) is 2. The third kappa shape index (κ3) is 21.8. The molecule has 38 heavy (non-hydrogen) atoms. The minimum Gasteiger partial charge on any atom is -0.465 e. The molecule has 0 saturated heterocycles. The Morgan fingerprint density at radius 3 is 1.42 bits per heavy atom. The molecule has 3 atom stereocenters. The van der Waals surface area contributed by atoms with Crippen molar-refractivity contribution in [3.63, 3.8) is 0 Å². The van der Waals surface area contributed by atoms with Crippen LogP contribution in [-0.4, -0.2) is 25.2 Å². The normalized spacial score (nSPS) is 13.9. The topological polar surface area (TPSA) is 52.6 Å². The van der Waals surface area contributed by atoms with Gasteiger partial charge in [0.25, 0.3) is 0 Å². The SMILES string of the molecule is CCCCC(CC)COC(=O)CCCCCCCCCCC(CCC(=O)OCC(CC)CCCC)C(C)C. The molecule has 0 aromatic carbocycles. The summed E-state index contributed by atoms with van der Waals surface area (Å²) in [7, 11) is 0. The molecule has 0 aliphatic rings. The average Bonchev–Trinajstić information content (AvgIpc) is 2.91. The van der Waals surface area contributed by atoms with Crippen LogP contribution in [0, 0.1) is 23.7 Å². The van der Waals surface area contributed by atoms with E-state index in [1.54, 1.807) is 0 Å². The number of esters is 2. The Labute approximate surface area is 237 Å². The van der Waals surface area contributed by atoms with Crippen LogP contribution < -0.4 is 0 Å². The lowest BCUT2D eigenvalue weighted by molar-refractivity contribution is -0.146. The monoisotopic (exact) mass is 538 g/mol. The number of carbonyl (C=O) groups is 2. The lowest BCUT2D eigenvalue weighted by Crippen LogP contribution is -2.16. The first-order valence-corrected chi connectivity index (χ1v) is 16.7. The zero-order chi connectivity index (χ0) is 28.4. The third-order valence-corrected chi connectivity index (χ3v) is 8.41. The highest BCUT2D eigenvalue weighted by Crippen LogP contribution is 2.25. The number of unbranched alkanes of at least 4 members (excludes halogenated alkanes) is 9. The molecule has 0 aliphatic heterocycles. The Morgan fingerprint density at radius 2 is 0.974 bits per heavy atom. The highest BCUT2D eigenvalue weighted by atomic mass is 16.5. The van der Waals surface area contributed by atoms with Crippen LogP contribution in [0.2, 0.25) is 0 Å². The van der Waals surface area contributed by atoms with E-state index in [0.717, 1.165) is 32.1 Å². The summed E-state index contributed by atoms with van der Waals surface area (Å²) >= 11 is 0. The number of rotatable bonds is 27. The quantitative estimate of drug-likeness (QED) is 0.0771. The van der Waals surface area contributed by atoms with Crippen LogP contribution in [0.1, 0.15) is 170 Å². The molecule has 4 heteroatoms. The Kier molecular flexibility index (Phi) is 25.4. The van der Waals surface area contributed by atoms with Gasteiger partial charge in [0.2, 0.25) is 0 Å². The van der Waals surface area contributed by atoms with Crippen molar-refractivity contribution in [1.82, 2.24) is 0 Å². The standard InChI is InChI=1S/C34H66O4/c1-7-11-21-30(9-3)27-37-33(35)24-20-18-16-14-13-15-17-19-23-32(29(5)6)25-26-34(36)38-28-31(10-4)22-12-8-2/h29-32H,7-28H2,1-6H3. The zero-order valence-electron chi connectivity index (χ0n) is 26.5. The molecule has 0 aromatic rings. The van der Waals surface area contributed by atoms with Crippen molar-refractivity contribution < 1.29 is 19.1 Å². The first kappa shape index (κ1) is 36.9. The zero-order valence-corrected chi connectivity index (χ0v) is 26.5. The predicted molar refractivity (Wildman–Crippen MR) is 162 cm³/mol. The molecule has 0 radical (unpaired) electrons. The summed E-state index contributed by atoms with van der Waals surface area (Å²) in [6.45, 7) is 14.6. The molecule has 0 rings (SSSR count). The van der Waals surface area contributed by atoms with E-state index in [4.69, 9.17) is 9.47 Å². The van der Waals surface area contributed by atoms with E-state index in [0.29, 0.717) is 49.7 Å². The second-order valence-electron chi connectivity index (χ2n) is 12.1. The van der Waals surface area contributed by atoms with Gasteiger partial charge in [-0.15, -0.1) is 0 Å². The minimum atomic E-state index is -0.00922. The first-order valence-electron chi connectivity index (χ1n) is 16.7. The highest BCUT2D eigenvalue weighted by Gasteiger charge is 2.17. The van der Waals surface area contributed by atoms with Gasteiger partial charge in [-0.25, -0.2) is 0 Å². The van der Waals surface area contributed by atoms with Crippen molar-refractivity contribution in [2.24, 2.45) is 23.7 Å². The molecule has 0 aromatic heterocycles. The fourth-order valence-electron chi connectivity index (χ4n) is 5.21. The van der Waals surface area contributed by atoms with Crippen molar-refractivity contribution in [2.75, 3.05) is 13.2 Å². The van der Waals surface area contributed by atoms with Gasteiger partial charge >= 0.3 is 11.9 Å². The van der Waals surface area contributed by atoms with Crippen LogP contribution in [0.3, 0.4) is 0 Å². The predicted octanol–water partition coefficient (Wildman–Crippen LogP) is 10.5. The Hall–Kier alpha value is -1.06. The second-order valence-corrected chi connectivity index (χ2v) is 12.1. The molecule has 3 unspecified atom stereocenters. The van der Waals surface area contributed by atoms with Crippen molar-refractivity contribution >= 4 is 11.9 Å². The molecule has 0 saturated carbocycles. The molecule has 0 aliphatic carbocycles. The second kappa shape index (κ2) is 26.2. The van der Waals surface area contributed by atoms with Crippen LogP contribution in [-0.2, 0) is 19.1 Å². The van der Waals surface area contributed by atoms with Gasteiger partial charge in [-0.3, -0.25) is 9.59 Å². The number of hydrogen-bond acceptors (Lipinski definition) is 4. The number of hydrogen-bond donors (Lipinski definition) is 0. The third-order valence-electron chi connectivity index (χ3n) is 8.41. The molecule has 0 spiro atoms. The van der Waals surface area contributed by atoms with Gasteiger partial charge in [0.15, 0.2) is 0 Å². The van der Waals surface area contributed by atoms with E-state index >= 15 is 0 Å². The minimum absolute atomic E-state index is 0.00371. The van der Waals surface area contributed by atoms with Gasteiger partial charge in [-0.1, -0.05) is 131 Å². The summed E-state index contributed by atoms with van der Waals surface area (Å²) in [6, 6.07) is 0. The molecule has 0 amide bonds. The highest BCUT2D eigenvalue weighted by molar-refractivity contribution is 5.69. The van der Waals surface area contributed by atoms with Crippen molar-refractivity contribution in [3.05, 3.63) is 0 Å². The van der Waals surface area contributed by atoms with Crippen molar-refractivity contribution in [1.29, 1.82) is 0 Å². The molecule has 0 N–H and O–H groups in total. The van der Waals surface area contributed by atoms with Crippen LogP contribution in [0.4, 0.5) is 0 Å². The van der Waals surface area contributed by atoms with Gasteiger partial charge < -0.3 is 9.47 Å². The van der Waals surface area contributed by atoms with E-state index < -0.39 is 0 Å². The summed E-state index contributed by atoms with van der Waals surface area (Å²) in [4.78, 5) is 24.3. The molecule has 226 valence electrons. The van der Waals surface area contributed by atoms with Gasteiger partial charge in [0.05, 0.1) is 13.2 Å². The van der Waals surface area contributed by atoms with Crippen LogP contribution >= 0.6 is 0 Å². The fourth-order valence-corrected chi connectivity index (χ4v) is 5.21. The van der Waals surface area contributed by atoms with Gasteiger partial charge in [-0.2, -0.15) is 0 Å². The van der Waals surface area contributed by atoms with Gasteiger partial charge in [-0.05, 0) is 49.4 Å². The fraction of sp³-hybridized carbons (Fsp3) is 0.941. The first-order chi connectivity index (χ1) is 18.4.